The average Bonchev–Trinajstić information content (AvgIpc) is 3.00. The van der Waals surface area contributed by atoms with Crippen molar-refractivity contribution in [1.29, 1.82) is 0 Å². The minimum absolute atomic E-state index is 0.0167. The summed E-state index contributed by atoms with van der Waals surface area (Å²) in [5, 5.41) is 13.2. The van der Waals surface area contributed by atoms with Gasteiger partial charge in [-0.3, -0.25) is 14.4 Å². The number of aliphatic hydroxyl groups excluding tert-OH is 1. The molecular formula is C24H40N2O5. The summed E-state index contributed by atoms with van der Waals surface area (Å²) in [7, 11) is 0. The number of ether oxygens (including phenoxy) is 1. The Bertz CT molecular complexity index is 677. The van der Waals surface area contributed by atoms with Gasteiger partial charge in [-0.2, -0.15) is 0 Å². The molecule has 7 heteroatoms. The molecule has 1 heterocycles. The monoisotopic (exact) mass is 436 g/mol. The quantitative estimate of drug-likeness (QED) is 0.405. The Morgan fingerprint density at radius 2 is 1.87 bits per heavy atom. The molecular weight excluding hydrogens is 396 g/mol. The summed E-state index contributed by atoms with van der Waals surface area (Å²) >= 11 is 0. The van der Waals surface area contributed by atoms with Gasteiger partial charge in [-0.25, -0.2) is 0 Å². The molecule has 0 spiro atoms. The highest BCUT2D eigenvalue weighted by Crippen LogP contribution is 2.46. The van der Waals surface area contributed by atoms with E-state index >= 15 is 0 Å². The standard InChI is InChI=1S/C24H40N2O5/c1-7-10-15(6)25-22(28)21-17-12-11-16(8-2)19(24(30)31-9-3)20(17)23(29)26(21)18(13-27)14(4)5/h11-12,14-21,27H,7-10,13H2,1-6H3,(H,25,28)/t15?,16-,17+,18+,19-,20-,21+/m1/s1. The number of hydrogen-bond donors (Lipinski definition) is 2. The van der Waals surface area contributed by atoms with E-state index in [4.69, 9.17) is 4.74 Å². The molecule has 0 bridgehead atoms. The summed E-state index contributed by atoms with van der Waals surface area (Å²) in [4.78, 5) is 41.6. The number of carbonyl (C=O) groups is 3. The molecule has 2 rings (SSSR count). The molecule has 1 aliphatic heterocycles. The minimum Gasteiger partial charge on any atom is -0.466 e. The highest BCUT2D eigenvalue weighted by Gasteiger charge is 2.59. The largest absolute Gasteiger partial charge is 0.466 e. The van der Waals surface area contributed by atoms with Gasteiger partial charge in [0.05, 0.1) is 31.1 Å². The smallest absolute Gasteiger partial charge is 0.310 e. The topological polar surface area (TPSA) is 95.9 Å². The number of carbonyl (C=O) groups excluding carboxylic acids is 3. The Hall–Kier alpha value is -1.89. The number of nitrogens with one attached hydrogen (secondary N) is 1. The predicted molar refractivity (Wildman–Crippen MR) is 119 cm³/mol. The lowest BCUT2D eigenvalue weighted by Gasteiger charge is -2.35. The summed E-state index contributed by atoms with van der Waals surface area (Å²) in [6.45, 7) is 11.6. The van der Waals surface area contributed by atoms with Gasteiger partial charge in [0.15, 0.2) is 0 Å². The zero-order chi connectivity index (χ0) is 23.3. The van der Waals surface area contributed by atoms with Gasteiger partial charge in [-0.05, 0) is 38.5 Å². The van der Waals surface area contributed by atoms with Gasteiger partial charge >= 0.3 is 5.97 Å². The van der Waals surface area contributed by atoms with Crippen molar-refractivity contribution in [2.75, 3.05) is 13.2 Å². The van der Waals surface area contributed by atoms with E-state index in [0.29, 0.717) is 6.42 Å². The SMILES string of the molecule is CCCC(C)NC(=O)[C@@H]1[C@H]2C=C[C@@H](CC)[C@@H](C(=O)OCC)[C@@H]2C(=O)N1[C@@H](CO)C(C)C. The lowest BCUT2D eigenvalue weighted by atomic mass is 9.69. The summed E-state index contributed by atoms with van der Waals surface area (Å²) < 4.78 is 5.34. The van der Waals surface area contributed by atoms with Crippen LogP contribution in [0.4, 0.5) is 0 Å². The molecule has 31 heavy (non-hydrogen) atoms. The fourth-order valence-corrected chi connectivity index (χ4v) is 5.20. The van der Waals surface area contributed by atoms with Crippen molar-refractivity contribution in [3.63, 3.8) is 0 Å². The number of hydrogen-bond acceptors (Lipinski definition) is 5. The molecule has 1 fully saturated rings. The van der Waals surface area contributed by atoms with Crippen molar-refractivity contribution in [1.82, 2.24) is 10.2 Å². The minimum atomic E-state index is -0.748. The van der Waals surface area contributed by atoms with Crippen molar-refractivity contribution in [3.05, 3.63) is 12.2 Å². The molecule has 2 amide bonds. The maximum atomic E-state index is 13.7. The maximum Gasteiger partial charge on any atom is 0.310 e. The lowest BCUT2D eigenvalue weighted by molar-refractivity contribution is -0.156. The van der Waals surface area contributed by atoms with Crippen molar-refractivity contribution in [3.8, 4) is 0 Å². The lowest BCUT2D eigenvalue weighted by Crippen LogP contribution is -2.55. The van der Waals surface area contributed by atoms with E-state index in [1.807, 2.05) is 39.8 Å². The molecule has 0 aromatic heterocycles. The predicted octanol–water partition coefficient (Wildman–Crippen LogP) is 2.53. The Morgan fingerprint density at radius 3 is 2.39 bits per heavy atom. The van der Waals surface area contributed by atoms with E-state index in [-0.39, 0.29) is 48.9 Å². The molecule has 0 saturated carbocycles. The Labute approximate surface area is 186 Å². The molecule has 0 radical (unpaired) electrons. The Kier molecular flexibility index (Phi) is 9.10. The molecule has 1 aliphatic carbocycles. The molecule has 0 aromatic carbocycles. The Balaban J connectivity index is 2.51. The van der Waals surface area contributed by atoms with Crippen LogP contribution < -0.4 is 5.32 Å². The molecule has 176 valence electrons. The first kappa shape index (κ1) is 25.4. The van der Waals surface area contributed by atoms with E-state index < -0.39 is 29.8 Å². The first-order valence-electron chi connectivity index (χ1n) is 11.8. The van der Waals surface area contributed by atoms with Crippen LogP contribution in [0.5, 0.6) is 0 Å². The van der Waals surface area contributed by atoms with Crippen LogP contribution in [0.15, 0.2) is 12.2 Å². The van der Waals surface area contributed by atoms with Crippen molar-refractivity contribution in [2.24, 2.45) is 29.6 Å². The number of esters is 1. The van der Waals surface area contributed by atoms with Gasteiger partial charge in [0, 0.05) is 12.0 Å². The van der Waals surface area contributed by atoms with Crippen LogP contribution in [-0.2, 0) is 19.1 Å². The number of fused-ring (bicyclic) bond motifs is 1. The van der Waals surface area contributed by atoms with Crippen LogP contribution >= 0.6 is 0 Å². The average molecular weight is 437 g/mol. The number of likely N-dealkylation sites (tertiary alicyclic amines) is 1. The maximum absolute atomic E-state index is 13.7. The highest BCUT2D eigenvalue weighted by atomic mass is 16.5. The molecule has 7 atom stereocenters. The number of rotatable bonds is 10. The van der Waals surface area contributed by atoms with Crippen LogP contribution in [0.3, 0.4) is 0 Å². The molecule has 1 saturated heterocycles. The number of amides is 2. The van der Waals surface area contributed by atoms with E-state index in [9.17, 15) is 19.5 Å². The highest BCUT2D eigenvalue weighted by molar-refractivity contribution is 5.96. The fourth-order valence-electron chi connectivity index (χ4n) is 5.20. The van der Waals surface area contributed by atoms with Crippen LogP contribution in [0.2, 0.25) is 0 Å². The zero-order valence-electron chi connectivity index (χ0n) is 19.8. The van der Waals surface area contributed by atoms with Crippen LogP contribution in [0.25, 0.3) is 0 Å². The van der Waals surface area contributed by atoms with E-state index in [0.717, 1.165) is 12.8 Å². The van der Waals surface area contributed by atoms with Gasteiger partial charge in [0.25, 0.3) is 0 Å². The second kappa shape index (κ2) is 11.1. The zero-order valence-corrected chi connectivity index (χ0v) is 19.8. The van der Waals surface area contributed by atoms with Crippen LogP contribution in [0.1, 0.15) is 60.8 Å². The van der Waals surface area contributed by atoms with E-state index in [2.05, 4.69) is 12.2 Å². The van der Waals surface area contributed by atoms with Crippen molar-refractivity contribution >= 4 is 17.8 Å². The summed E-state index contributed by atoms with van der Waals surface area (Å²) in [5.41, 5.74) is 0. The Morgan fingerprint density at radius 1 is 1.19 bits per heavy atom. The van der Waals surface area contributed by atoms with Crippen LogP contribution in [0, 0.1) is 29.6 Å². The summed E-state index contributed by atoms with van der Waals surface area (Å²) in [6.07, 6.45) is 6.39. The second-order valence-electron chi connectivity index (χ2n) is 9.22. The van der Waals surface area contributed by atoms with Gasteiger partial charge in [-0.1, -0.05) is 46.3 Å². The van der Waals surface area contributed by atoms with Gasteiger partial charge in [0.2, 0.25) is 11.8 Å². The fraction of sp³-hybridized carbons (Fsp3) is 0.792. The third-order valence-corrected chi connectivity index (χ3v) is 6.77. The van der Waals surface area contributed by atoms with Crippen LogP contribution in [-0.4, -0.2) is 59.1 Å². The summed E-state index contributed by atoms with van der Waals surface area (Å²) in [5.74, 6) is -2.68. The number of allylic oxidation sites excluding steroid dienone is 1. The number of nitrogens with zero attached hydrogens (tertiary/aromatic N) is 1. The van der Waals surface area contributed by atoms with Gasteiger partial charge in [-0.15, -0.1) is 0 Å². The molecule has 2 N–H and O–H groups in total. The first-order chi connectivity index (χ1) is 14.7. The molecule has 2 aliphatic rings. The third kappa shape index (κ3) is 5.13. The normalized spacial score (nSPS) is 29.6. The third-order valence-electron chi connectivity index (χ3n) is 6.77. The second-order valence-corrected chi connectivity index (χ2v) is 9.22. The molecule has 7 nitrogen and oxygen atoms in total. The number of aliphatic hydroxyl groups is 1. The molecule has 0 aromatic rings. The van der Waals surface area contributed by atoms with Crippen molar-refractivity contribution in [2.45, 2.75) is 78.9 Å². The van der Waals surface area contributed by atoms with Crippen molar-refractivity contribution < 1.29 is 24.2 Å². The molecule has 1 unspecified atom stereocenters. The van der Waals surface area contributed by atoms with Gasteiger partial charge in [0.1, 0.15) is 6.04 Å². The van der Waals surface area contributed by atoms with Gasteiger partial charge < -0.3 is 20.1 Å². The summed E-state index contributed by atoms with van der Waals surface area (Å²) in [6, 6.07) is -1.26. The van der Waals surface area contributed by atoms with E-state index in [1.165, 1.54) is 0 Å². The first-order valence-corrected chi connectivity index (χ1v) is 11.8. The van der Waals surface area contributed by atoms with E-state index in [1.54, 1.807) is 11.8 Å².